The summed E-state index contributed by atoms with van der Waals surface area (Å²) >= 11 is 0. The molecule has 2 rings (SSSR count). The van der Waals surface area contributed by atoms with Crippen molar-refractivity contribution in [1.82, 2.24) is 0 Å². The van der Waals surface area contributed by atoms with Gasteiger partial charge in [0.1, 0.15) is 22.8 Å². The lowest BCUT2D eigenvalue weighted by molar-refractivity contribution is 0.0693. The van der Waals surface area contributed by atoms with Gasteiger partial charge in [0.25, 0.3) is 0 Å². The fraction of sp³-hybridized carbons (Fsp3) is 0.211. The number of allylic oxidation sites excluding steroid dienone is 2. The van der Waals surface area contributed by atoms with Crippen LogP contribution in [0.4, 0.5) is 0 Å². The van der Waals surface area contributed by atoms with Crippen LogP contribution in [0.25, 0.3) is 5.57 Å². The summed E-state index contributed by atoms with van der Waals surface area (Å²) in [6, 6.07) is 3.93. The number of rotatable bonds is 4. The molecule has 0 amide bonds. The number of hydrogen-bond donors (Lipinski definition) is 4. The molecule has 0 atom stereocenters. The minimum atomic E-state index is -1.22. The zero-order valence-electron chi connectivity index (χ0n) is 14.4. The second-order valence-electron chi connectivity index (χ2n) is 5.76. The number of hydrogen-bond acceptors (Lipinski definition) is 5. The number of carboxylic acids is 1. The van der Waals surface area contributed by atoms with E-state index in [1.54, 1.807) is 19.9 Å². The third-order valence-corrected chi connectivity index (χ3v) is 4.05. The van der Waals surface area contributed by atoms with Crippen LogP contribution < -0.4 is 4.74 Å². The molecule has 0 spiro atoms. The topological polar surface area (TPSA) is 107 Å². The van der Waals surface area contributed by atoms with Gasteiger partial charge in [-0.2, -0.15) is 0 Å². The Morgan fingerprint density at radius 1 is 1.12 bits per heavy atom. The number of aryl methyl sites for hydroxylation is 1. The second kappa shape index (κ2) is 6.76. The largest absolute Gasteiger partial charge is 0.508 e. The number of carboxylic acid groups (broad SMARTS) is 1. The molecule has 0 aromatic heterocycles. The van der Waals surface area contributed by atoms with Gasteiger partial charge in [-0.25, -0.2) is 4.79 Å². The van der Waals surface area contributed by atoms with Crippen molar-refractivity contribution in [2.24, 2.45) is 0 Å². The normalized spacial score (nSPS) is 11.4. The van der Waals surface area contributed by atoms with Crippen molar-refractivity contribution in [3.05, 3.63) is 46.5 Å². The molecule has 0 radical (unpaired) electrons. The lowest BCUT2D eigenvalue weighted by atomic mass is 10.0. The molecule has 0 aliphatic carbocycles. The highest BCUT2D eigenvalue weighted by molar-refractivity contribution is 5.93. The van der Waals surface area contributed by atoms with Crippen LogP contribution in [0.3, 0.4) is 0 Å². The third kappa shape index (κ3) is 3.38. The van der Waals surface area contributed by atoms with E-state index in [1.807, 2.05) is 0 Å². The highest BCUT2D eigenvalue weighted by Crippen LogP contribution is 2.45. The highest BCUT2D eigenvalue weighted by atomic mass is 16.5. The molecule has 0 heterocycles. The van der Waals surface area contributed by atoms with Gasteiger partial charge in [-0.15, -0.1) is 0 Å². The van der Waals surface area contributed by atoms with E-state index in [2.05, 4.69) is 0 Å². The van der Waals surface area contributed by atoms with E-state index in [4.69, 9.17) is 4.74 Å². The Morgan fingerprint density at radius 3 is 2.32 bits per heavy atom. The third-order valence-electron chi connectivity index (χ3n) is 4.05. The van der Waals surface area contributed by atoms with Crippen molar-refractivity contribution >= 4 is 11.5 Å². The highest BCUT2D eigenvalue weighted by Gasteiger charge is 2.22. The molecule has 0 bridgehead atoms. The molecule has 0 saturated carbocycles. The lowest BCUT2D eigenvalue weighted by Gasteiger charge is -2.18. The first-order valence-corrected chi connectivity index (χ1v) is 7.60. The second-order valence-corrected chi connectivity index (χ2v) is 5.76. The van der Waals surface area contributed by atoms with Gasteiger partial charge in [-0.3, -0.25) is 0 Å². The predicted molar refractivity (Wildman–Crippen MR) is 93.7 cm³/mol. The van der Waals surface area contributed by atoms with Gasteiger partial charge in [0, 0.05) is 17.2 Å². The van der Waals surface area contributed by atoms with Gasteiger partial charge in [-0.05, 0) is 51.0 Å². The Kier molecular flexibility index (Phi) is 4.92. The van der Waals surface area contributed by atoms with E-state index in [0.29, 0.717) is 16.7 Å². The molecule has 132 valence electrons. The Bertz CT molecular complexity index is 880. The number of benzene rings is 2. The Morgan fingerprint density at radius 2 is 1.76 bits per heavy atom. The van der Waals surface area contributed by atoms with Gasteiger partial charge < -0.3 is 25.2 Å². The summed E-state index contributed by atoms with van der Waals surface area (Å²) in [6.45, 7) is 6.60. The van der Waals surface area contributed by atoms with Crippen molar-refractivity contribution in [3.63, 3.8) is 0 Å². The summed E-state index contributed by atoms with van der Waals surface area (Å²) in [5.74, 6) is -1.86. The van der Waals surface area contributed by atoms with Gasteiger partial charge in [0.15, 0.2) is 11.5 Å². The molecule has 0 fully saturated rings. The molecule has 6 nitrogen and oxygen atoms in total. The van der Waals surface area contributed by atoms with Crippen LogP contribution in [-0.4, -0.2) is 26.4 Å². The smallest absolute Gasteiger partial charge is 0.339 e. The molecule has 0 unspecified atom stereocenters. The first kappa shape index (κ1) is 18.2. The zero-order chi connectivity index (χ0) is 18.9. The standard InChI is InChI=1S/C19H20O6/c1-5-9(2)13-8-14(21)11(4)17(22)18(13)25-15-7-12(20)6-10(3)16(15)19(23)24/h5-8,20-22H,1-4H3,(H,23,24)/b9-5+. The van der Waals surface area contributed by atoms with Crippen molar-refractivity contribution in [1.29, 1.82) is 0 Å². The summed E-state index contributed by atoms with van der Waals surface area (Å²) < 4.78 is 5.71. The van der Waals surface area contributed by atoms with E-state index in [1.165, 1.54) is 32.0 Å². The van der Waals surface area contributed by atoms with Crippen LogP contribution >= 0.6 is 0 Å². The van der Waals surface area contributed by atoms with Gasteiger partial charge >= 0.3 is 5.97 Å². The number of ether oxygens (including phenoxy) is 1. The minimum Gasteiger partial charge on any atom is -0.508 e. The van der Waals surface area contributed by atoms with E-state index in [0.717, 1.165) is 0 Å². The van der Waals surface area contributed by atoms with Crippen LogP contribution in [0.15, 0.2) is 24.3 Å². The van der Waals surface area contributed by atoms with Crippen molar-refractivity contribution < 1.29 is 30.0 Å². The monoisotopic (exact) mass is 344 g/mol. The van der Waals surface area contributed by atoms with Crippen molar-refractivity contribution in [2.45, 2.75) is 27.7 Å². The average Bonchev–Trinajstić information content (AvgIpc) is 2.53. The van der Waals surface area contributed by atoms with Crippen LogP contribution in [0.2, 0.25) is 0 Å². The van der Waals surface area contributed by atoms with E-state index >= 15 is 0 Å². The SMILES string of the molecule is C/C=C(\C)c1cc(O)c(C)c(O)c1Oc1cc(O)cc(C)c1C(=O)O. The molecule has 6 heteroatoms. The van der Waals surface area contributed by atoms with Crippen LogP contribution in [0, 0.1) is 13.8 Å². The molecule has 2 aromatic rings. The van der Waals surface area contributed by atoms with Crippen LogP contribution in [-0.2, 0) is 0 Å². The summed E-state index contributed by atoms with van der Waals surface area (Å²) in [7, 11) is 0. The maximum atomic E-state index is 11.5. The summed E-state index contributed by atoms with van der Waals surface area (Å²) in [5, 5.41) is 39.6. The molecular weight excluding hydrogens is 324 g/mol. The minimum absolute atomic E-state index is 0.0124. The molecule has 0 saturated heterocycles. The summed E-state index contributed by atoms with van der Waals surface area (Å²) in [6.07, 6.45) is 1.77. The summed E-state index contributed by atoms with van der Waals surface area (Å²) in [5.41, 5.74) is 1.54. The Balaban J connectivity index is 2.74. The van der Waals surface area contributed by atoms with E-state index in [-0.39, 0.29) is 39.9 Å². The van der Waals surface area contributed by atoms with Gasteiger partial charge in [0.2, 0.25) is 0 Å². The average molecular weight is 344 g/mol. The molecule has 2 aromatic carbocycles. The molecule has 0 aliphatic rings. The lowest BCUT2D eigenvalue weighted by Crippen LogP contribution is -2.04. The molecule has 0 aliphatic heterocycles. The van der Waals surface area contributed by atoms with Crippen molar-refractivity contribution in [2.75, 3.05) is 0 Å². The van der Waals surface area contributed by atoms with Crippen molar-refractivity contribution in [3.8, 4) is 28.7 Å². The van der Waals surface area contributed by atoms with Crippen LogP contribution in [0.5, 0.6) is 28.7 Å². The number of phenols is 3. The quantitative estimate of drug-likeness (QED) is 0.657. The Labute approximate surface area is 145 Å². The number of aromatic carboxylic acids is 1. The maximum absolute atomic E-state index is 11.5. The Hall–Kier alpha value is -3.15. The fourth-order valence-corrected chi connectivity index (χ4v) is 2.48. The first-order chi connectivity index (χ1) is 11.7. The van der Waals surface area contributed by atoms with Gasteiger partial charge in [-0.1, -0.05) is 6.08 Å². The van der Waals surface area contributed by atoms with Gasteiger partial charge in [0.05, 0.1) is 0 Å². The number of phenolic OH excluding ortho intramolecular Hbond substituents is 3. The maximum Gasteiger partial charge on any atom is 0.339 e. The van der Waals surface area contributed by atoms with E-state index < -0.39 is 5.97 Å². The zero-order valence-corrected chi connectivity index (χ0v) is 14.4. The first-order valence-electron chi connectivity index (χ1n) is 7.60. The molecule has 25 heavy (non-hydrogen) atoms. The van der Waals surface area contributed by atoms with Crippen LogP contribution in [0.1, 0.15) is 40.9 Å². The van der Waals surface area contributed by atoms with E-state index in [9.17, 15) is 25.2 Å². The number of carbonyl (C=O) groups is 1. The fourth-order valence-electron chi connectivity index (χ4n) is 2.48. The predicted octanol–water partition coefficient (Wildman–Crippen LogP) is 4.33. The number of aromatic hydroxyl groups is 3. The summed E-state index contributed by atoms with van der Waals surface area (Å²) in [4.78, 5) is 11.5. The molecule has 4 N–H and O–H groups in total. The molecular formula is C19H20O6.